The van der Waals surface area contributed by atoms with Crippen molar-refractivity contribution in [3.05, 3.63) is 35.1 Å². The van der Waals surface area contributed by atoms with E-state index in [9.17, 15) is 18.0 Å². The molecule has 0 saturated carbocycles. The maximum atomic E-state index is 13.5. The number of likely N-dealkylation sites (tertiary alicyclic amines) is 1. The van der Waals surface area contributed by atoms with Crippen molar-refractivity contribution in [3.8, 4) is 0 Å². The molecule has 1 fully saturated rings. The molecule has 1 aliphatic heterocycles. The molecule has 0 aromatic heterocycles. The number of carbonyl (C=O) groups is 1. The SMILES string of the molecule is O=C(c1cc(F)c(F)cc1F)N1CCC(CO)CC1. The molecule has 1 amide bonds. The van der Waals surface area contributed by atoms with E-state index in [0.717, 1.165) is 0 Å². The fourth-order valence-corrected chi connectivity index (χ4v) is 2.18. The van der Waals surface area contributed by atoms with Gasteiger partial charge in [-0.1, -0.05) is 0 Å². The van der Waals surface area contributed by atoms with Crippen LogP contribution in [-0.4, -0.2) is 35.6 Å². The molecule has 0 unspecified atom stereocenters. The van der Waals surface area contributed by atoms with Crippen LogP contribution in [0.3, 0.4) is 0 Å². The van der Waals surface area contributed by atoms with E-state index in [1.165, 1.54) is 4.90 Å². The molecule has 104 valence electrons. The first-order valence-electron chi connectivity index (χ1n) is 6.07. The molecule has 0 atom stereocenters. The number of piperidine rings is 1. The smallest absolute Gasteiger partial charge is 0.256 e. The van der Waals surface area contributed by atoms with Gasteiger partial charge in [-0.25, -0.2) is 13.2 Å². The molecule has 1 heterocycles. The summed E-state index contributed by atoms with van der Waals surface area (Å²) in [6.45, 7) is 0.812. The lowest BCUT2D eigenvalue weighted by Gasteiger charge is -2.31. The second kappa shape index (κ2) is 5.61. The van der Waals surface area contributed by atoms with Crippen LogP contribution < -0.4 is 0 Å². The van der Waals surface area contributed by atoms with Crippen LogP contribution >= 0.6 is 0 Å². The molecule has 0 bridgehead atoms. The topological polar surface area (TPSA) is 40.5 Å². The highest BCUT2D eigenvalue weighted by Crippen LogP contribution is 2.21. The Morgan fingerprint density at radius 1 is 1.16 bits per heavy atom. The van der Waals surface area contributed by atoms with Crippen molar-refractivity contribution in [2.75, 3.05) is 19.7 Å². The zero-order chi connectivity index (χ0) is 14.0. The molecule has 1 aromatic rings. The molecule has 3 nitrogen and oxygen atoms in total. The van der Waals surface area contributed by atoms with Gasteiger partial charge in [0, 0.05) is 25.8 Å². The van der Waals surface area contributed by atoms with Gasteiger partial charge in [-0.3, -0.25) is 4.79 Å². The van der Waals surface area contributed by atoms with Crippen LogP contribution in [0, 0.1) is 23.4 Å². The predicted octanol–water partition coefficient (Wildman–Crippen LogP) is 1.95. The third kappa shape index (κ3) is 2.89. The third-order valence-corrected chi connectivity index (χ3v) is 3.40. The van der Waals surface area contributed by atoms with Gasteiger partial charge in [0.15, 0.2) is 11.6 Å². The highest BCUT2D eigenvalue weighted by Gasteiger charge is 2.26. The molecule has 1 aromatic carbocycles. The lowest BCUT2D eigenvalue weighted by molar-refractivity contribution is 0.0645. The average molecular weight is 273 g/mol. The zero-order valence-corrected chi connectivity index (χ0v) is 10.2. The minimum atomic E-state index is -1.31. The Labute approximate surface area is 108 Å². The van der Waals surface area contributed by atoms with E-state index in [2.05, 4.69) is 0 Å². The second-order valence-electron chi connectivity index (χ2n) is 4.66. The summed E-state index contributed by atoms with van der Waals surface area (Å²) in [7, 11) is 0. The Hall–Kier alpha value is -1.56. The first-order valence-corrected chi connectivity index (χ1v) is 6.07. The van der Waals surface area contributed by atoms with Gasteiger partial charge < -0.3 is 10.0 Å². The number of nitrogens with zero attached hydrogens (tertiary/aromatic N) is 1. The van der Waals surface area contributed by atoms with E-state index in [0.29, 0.717) is 38.1 Å². The van der Waals surface area contributed by atoms with E-state index in [1.54, 1.807) is 0 Å². The molecular formula is C13H14F3NO2. The minimum Gasteiger partial charge on any atom is -0.396 e. The Morgan fingerprint density at radius 3 is 2.32 bits per heavy atom. The fraction of sp³-hybridized carbons (Fsp3) is 0.462. The summed E-state index contributed by atoms with van der Waals surface area (Å²) in [6, 6.07) is 0.966. The molecule has 1 saturated heterocycles. The third-order valence-electron chi connectivity index (χ3n) is 3.40. The van der Waals surface area contributed by atoms with E-state index >= 15 is 0 Å². The molecular weight excluding hydrogens is 259 g/mol. The van der Waals surface area contributed by atoms with Crippen LogP contribution in [0.4, 0.5) is 13.2 Å². The van der Waals surface area contributed by atoms with Gasteiger partial charge in [-0.2, -0.15) is 0 Å². The quantitative estimate of drug-likeness (QED) is 0.837. The number of aliphatic hydroxyl groups excluding tert-OH is 1. The maximum Gasteiger partial charge on any atom is 0.256 e. The molecule has 0 radical (unpaired) electrons. The van der Waals surface area contributed by atoms with E-state index in [1.807, 2.05) is 0 Å². The number of halogens is 3. The summed E-state index contributed by atoms with van der Waals surface area (Å²) >= 11 is 0. The molecule has 0 spiro atoms. The van der Waals surface area contributed by atoms with Crippen LogP contribution in [0.25, 0.3) is 0 Å². The first-order chi connectivity index (χ1) is 9.02. The Kier molecular flexibility index (Phi) is 4.09. The summed E-state index contributed by atoms with van der Waals surface area (Å²) in [4.78, 5) is 13.4. The van der Waals surface area contributed by atoms with Crippen molar-refractivity contribution in [1.29, 1.82) is 0 Å². The number of benzene rings is 1. The zero-order valence-electron chi connectivity index (χ0n) is 10.2. The van der Waals surface area contributed by atoms with E-state index < -0.39 is 28.9 Å². The standard InChI is InChI=1S/C13H14F3NO2/c14-10-6-12(16)11(15)5-9(10)13(19)17-3-1-8(7-18)2-4-17/h5-6,8,18H,1-4,7H2. The number of aliphatic hydroxyl groups is 1. The maximum absolute atomic E-state index is 13.5. The average Bonchev–Trinajstić information content (AvgIpc) is 2.42. The highest BCUT2D eigenvalue weighted by atomic mass is 19.2. The van der Waals surface area contributed by atoms with Crippen LogP contribution in [0.5, 0.6) is 0 Å². The Bertz CT molecular complexity index is 485. The number of amides is 1. The van der Waals surface area contributed by atoms with Gasteiger partial charge in [0.25, 0.3) is 5.91 Å². The van der Waals surface area contributed by atoms with E-state index in [-0.39, 0.29) is 12.5 Å². The van der Waals surface area contributed by atoms with Gasteiger partial charge >= 0.3 is 0 Å². The predicted molar refractivity (Wildman–Crippen MR) is 62.0 cm³/mol. The van der Waals surface area contributed by atoms with Crippen LogP contribution in [-0.2, 0) is 0 Å². The molecule has 2 rings (SSSR count). The Balaban J connectivity index is 2.14. The first kappa shape index (κ1) is 13.9. The molecule has 6 heteroatoms. The normalized spacial score (nSPS) is 16.7. The summed E-state index contributed by atoms with van der Waals surface area (Å²) < 4.78 is 39.3. The largest absolute Gasteiger partial charge is 0.396 e. The van der Waals surface area contributed by atoms with Crippen molar-refractivity contribution < 1.29 is 23.1 Å². The van der Waals surface area contributed by atoms with Crippen molar-refractivity contribution in [2.24, 2.45) is 5.92 Å². The van der Waals surface area contributed by atoms with Gasteiger partial charge in [0.1, 0.15) is 5.82 Å². The summed E-state index contributed by atoms with van der Waals surface area (Å²) in [6.07, 6.45) is 1.24. The number of carbonyl (C=O) groups excluding carboxylic acids is 1. The summed E-state index contributed by atoms with van der Waals surface area (Å²) in [5.41, 5.74) is -0.457. The van der Waals surface area contributed by atoms with Gasteiger partial charge in [-0.05, 0) is 24.8 Å². The van der Waals surface area contributed by atoms with Crippen molar-refractivity contribution in [1.82, 2.24) is 4.90 Å². The number of rotatable bonds is 2. The van der Waals surface area contributed by atoms with Crippen molar-refractivity contribution >= 4 is 5.91 Å². The van der Waals surface area contributed by atoms with Crippen molar-refractivity contribution in [3.63, 3.8) is 0 Å². The van der Waals surface area contributed by atoms with Crippen LogP contribution in [0.2, 0.25) is 0 Å². The monoisotopic (exact) mass is 273 g/mol. The fourth-order valence-electron chi connectivity index (χ4n) is 2.18. The lowest BCUT2D eigenvalue weighted by atomic mass is 9.97. The highest BCUT2D eigenvalue weighted by molar-refractivity contribution is 5.94. The lowest BCUT2D eigenvalue weighted by Crippen LogP contribution is -2.39. The summed E-state index contributed by atoms with van der Waals surface area (Å²) in [5, 5.41) is 8.99. The number of hydrogen-bond donors (Lipinski definition) is 1. The Morgan fingerprint density at radius 2 is 1.74 bits per heavy atom. The van der Waals surface area contributed by atoms with Gasteiger partial charge in [-0.15, -0.1) is 0 Å². The number of hydrogen-bond acceptors (Lipinski definition) is 2. The minimum absolute atomic E-state index is 0.0571. The molecule has 1 aliphatic rings. The van der Waals surface area contributed by atoms with Gasteiger partial charge in [0.05, 0.1) is 5.56 Å². The molecule has 0 aliphatic carbocycles. The van der Waals surface area contributed by atoms with Crippen molar-refractivity contribution in [2.45, 2.75) is 12.8 Å². The van der Waals surface area contributed by atoms with Gasteiger partial charge in [0.2, 0.25) is 0 Å². The second-order valence-corrected chi connectivity index (χ2v) is 4.66. The van der Waals surface area contributed by atoms with Crippen LogP contribution in [0.1, 0.15) is 23.2 Å². The molecule has 19 heavy (non-hydrogen) atoms. The van der Waals surface area contributed by atoms with E-state index in [4.69, 9.17) is 5.11 Å². The summed E-state index contributed by atoms with van der Waals surface area (Å²) in [5.74, 6) is -4.12. The van der Waals surface area contributed by atoms with Crippen LogP contribution in [0.15, 0.2) is 12.1 Å². The molecule has 1 N–H and O–H groups in total.